The maximum Gasteiger partial charge on any atom is 0.129 e. The van der Waals surface area contributed by atoms with Crippen LogP contribution in [0.3, 0.4) is 0 Å². The van der Waals surface area contributed by atoms with E-state index in [9.17, 15) is 8.78 Å². The van der Waals surface area contributed by atoms with E-state index in [1.807, 2.05) is 12.1 Å². The molecule has 2 rings (SSSR count). The number of aryl methyl sites for hydroxylation is 1. The molecule has 0 heterocycles. The molecule has 20 heavy (non-hydrogen) atoms. The van der Waals surface area contributed by atoms with Gasteiger partial charge >= 0.3 is 0 Å². The lowest BCUT2D eigenvalue weighted by atomic mass is 9.98. The summed E-state index contributed by atoms with van der Waals surface area (Å²) in [6.07, 6.45) is 1.80. The molecule has 3 heteroatoms. The summed E-state index contributed by atoms with van der Waals surface area (Å²) in [5, 5.41) is 0. The first kappa shape index (κ1) is 14.7. The highest BCUT2D eigenvalue weighted by Gasteiger charge is 2.13. The van der Waals surface area contributed by atoms with Crippen LogP contribution in [0.4, 0.5) is 8.78 Å². The standard InChI is InChI=1S/C17H19F2N/c1-2-12-6-8-13(9-7-12)10-14(20)11-15-16(18)4-3-5-17(15)19/h3-9,14H,2,10-11,20H2,1H3. The summed E-state index contributed by atoms with van der Waals surface area (Å²) in [4.78, 5) is 0. The first-order valence-corrected chi connectivity index (χ1v) is 6.86. The smallest absolute Gasteiger partial charge is 0.129 e. The monoisotopic (exact) mass is 275 g/mol. The van der Waals surface area contributed by atoms with Crippen LogP contribution in [0.25, 0.3) is 0 Å². The van der Waals surface area contributed by atoms with Gasteiger partial charge in [0.2, 0.25) is 0 Å². The molecule has 0 aliphatic carbocycles. The van der Waals surface area contributed by atoms with E-state index in [2.05, 4.69) is 19.1 Å². The largest absolute Gasteiger partial charge is 0.327 e. The minimum absolute atomic E-state index is 0.0742. The van der Waals surface area contributed by atoms with Crippen molar-refractivity contribution in [3.63, 3.8) is 0 Å². The van der Waals surface area contributed by atoms with Gasteiger partial charge < -0.3 is 5.73 Å². The zero-order valence-electron chi connectivity index (χ0n) is 11.6. The number of halogens is 2. The van der Waals surface area contributed by atoms with E-state index in [1.165, 1.54) is 23.8 Å². The van der Waals surface area contributed by atoms with Crippen molar-refractivity contribution in [1.82, 2.24) is 0 Å². The Kier molecular flexibility index (Phi) is 4.85. The van der Waals surface area contributed by atoms with E-state index >= 15 is 0 Å². The van der Waals surface area contributed by atoms with Gasteiger partial charge in [-0.15, -0.1) is 0 Å². The van der Waals surface area contributed by atoms with Gasteiger partial charge in [0.05, 0.1) is 0 Å². The van der Waals surface area contributed by atoms with Crippen LogP contribution in [-0.2, 0) is 19.3 Å². The Morgan fingerprint density at radius 2 is 1.45 bits per heavy atom. The van der Waals surface area contributed by atoms with E-state index in [0.29, 0.717) is 6.42 Å². The van der Waals surface area contributed by atoms with E-state index in [1.54, 1.807) is 0 Å². The van der Waals surface area contributed by atoms with Crippen LogP contribution in [-0.4, -0.2) is 6.04 Å². The molecule has 0 spiro atoms. The minimum Gasteiger partial charge on any atom is -0.327 e. The van der Waals surface area contributed by atoms with Gasteiger partial charge in [0.1, 0.15) is 11.6 Å². The maximum atomic E-state index is 13.6. The molecule has 0 saturated carbocycles. The molecule has 2 aromatic carbocycles. The van der Waals surface area contributed by atoms with Gasteiger partial charge in [-0.1, -0.05) is 37.3 Å². The second-order valence-electron chi connectivity index (χ2n) is 5.04. The summed E-state index contributed by atoms with van der Waals surface area (Å²) in [7, 11) is 0. The highest BCUT2D eigenvalue weighted by molar-refractivity contribution is 5.25. The van der Waals surface area contributed by atoms with Crippen molar-refractivity contribution in [2.45, 2.75) is 32.2 Å². The lowest BCUT2D eigenvalue weighted by molar-refractivity contribution is 0.533. The van der Waals surface area contributed by atoms with Crippen molar-refractivity contribution in [3.8, 4) is 0 Å². The van der Waals surface area contributed by atoms with Gasteiger partial charge in [0, 0.05) is 11.6 Å². The molecule has 1 unspecified atom stereocenters. The van der Waals surface area contributed by atoms with Crippen LogP contribution in [0.1, 0.15) is 23.6 Å². The molecule has 0 radical (unpaired) electrons. The van der Waals surface area contributed by atoms with Gasteiger partial charge in [0.25, 0.3) is 0 Å². The molecule has 0 aliphatic rings. The zero-order valence-corrected chi connectivity index (χ0v) is 11.6. The van der Waals surface area contributed by atoms with E-state index in [4.69, 9.17) is 5.73 Å². The molecular formula is C17H19F2N. The molecule has 2 aromatic rings. The maximum absolute atomic E-state index is 13.6. The topological polar surface area (TPSA) is 26.0 Å². The van der Waals surface area contributed by atoms with Gasteiger partial charge in [0.15, 0.2) is 0 Å². The number of rotatable bonds is 5. The van der Waals surface area contributed by atoms with Crippen LogP contribution in [0.15, 0.2) is 42.5 Å². The van der Waals surface area contributed by atoms with Crippen LogP contribution in [0, 0.1) is 11.6 Å². The summed E-state index contributed by atoms with van der Waals surface area (Å²) >= 11 is 0. The first-order valence-electron chi connectivity index (χ1n) is 6.86. The molecule has 0 amide bonds. The summed E-state index contributed by atoms with van der Waals surface area (Å²) in [6, 6.07) is 11.8. The summed E-state index contributed by atoms with van der Waals surface area (Å²) in [5.74, 6) is -1.05. The fourth-order valence-corrected chi connectivity index (χ4v) is 2.28. The van der Waals surface area contributed by atoms with Gasteiger partial charge in [-0.25, -0.2) is 8.78 Å². The van der Waals surface area contributed by atoms with E-state index in [0.717, 1.165) is 12.0 Å². The SMILES string of the molecule is CCc1ccc(CC(N)Cc2c(F)cccc2F)cc1. The minimum atomic E-state index is -0.526. The quantitative estimate of drug-likeness (QED) is 0.885. The fraction of sp³-hybridized carbons (Fsp3) is 0.294. The lowest BCUT2D eigenvalue weighted by Gasteiger charge is -2.13. The average molecular weight is 275 g/mol. The Hall–Kier alpha value is -1.74. The molecule has 0 aromatic heterocycles. The highest BCUT2D eigenvalue weighted by Crippen LogP contribution is 2.15. The number of benzene rings is 2. The Balaban J connectivity index is 2.03. The molecule has 2 N–H and O–H groups in total. The summed E-state index contributed by atoms with van der Waals surface area (Å²) < 4.78 is 27.1. The van der Waals surface area contributed by atoms with Crippen molar-refractivity contribution >= 4 is 0 Å². The predicted molar refractivity (Wildman–Crippen MR) is 77.6 cm³/mol. The van der Waals surface area contributed by atoms with Gasteiger partial charge in [-0.2, -0.15) is 0 Å². The van der Waals surface area contributed by atoms with Crippen molar-refractivity contribution in [3.05, 3.63) is 70.8 Å². The molecular weight excluding hydrogens is 256 g/mol. The van der Waals surface area contributed by atoms with Crippen LogP contribution in [0.2, 0.25) is 0 Å². The Morgan fingerprint density at radius 1 is 0.900 bits per heavy atom. The normalized spacial score (nSPS) is 12.4. The van der Waals surface area contributed by atoms with Gasteiger partial charge in [-0.05, 0) is 42.5 Å². The number of nitrogens with two attached hydrogens (primary N) is 1. The molecule has 0 bridgehead atoms. The second kappa shape index (κ2) is 6.62. The van der Waals surface area contributed by atoms with Crippen LogP contribution >= 0.6 is 0 Å². The molecule has 1 atom stereocenters. The van der Waals surface area contributed by atoms with Crippen molar-refractivity contribution in [2.24, 2.45) is 5.73 Å². The van der Waals surface area contributed by atoms with Crippen molar-refractivity contribution in [1.29, 1.82) is 0 Å². The highest BCUT2D eigenvalue weighted by atomic mass is 19.1. The predicted octanol–water partition coefficient (Wildman–Crippen LogP) is 3.64. The van der Waals surface area contributed by atoms with Crippen molar-refractivity contribution < 1.29 is 8.78 Å². The Bertz CT molecular complexity index is 543. The fourth-order valence-electron chi connectivity index (χ4n) is 2.28. The van der Waals surface area contributed by atoms with E-state index in [-0.39, 0.29) is 18.0 Å². The third kappa shape index (κ3) is 3.64. The molecule has 0 saturated heterocycles. The second-order valence-corrected chi connectivity index (χ2v) is 5.04. The Morgan fingerprint density at radius 3 is 2.00 bits per heavy atom. The zero-order chi connectivity index (χ0) is 14.5. The van der Waals surface area contributed by atoms with Crippen LogP contribution < -0.4 is 5.73 Å². The van der Waals surface area contributed by atoms with E-state index < -0.39 is 11.6 Å². The van der Waals surface area contributed by atoms with Crippen LogP contribution in [0.5, 0.6) is 0 Å². The lowest BCUT2D eigenvalue weighted by Crippen LogP contribution is -2.26. The number of hydrogen-bond acceptors (Lipinski definition) is 1. The molecule has 106 valence electrons. The summed E-state index contributed by atoms with van der Waals surface area (Å²) in [5.41, 5.74) is 8.44. The third-order valence-electron chi connectivity index (χ3n) is 3.46. The van der Waals surface area contributed by atoms with Crippen molar-refractivity contribution in [2.75, 3.05) is 0 Å². The van der Waals surface area contributed by atoms with Gasteiger partial charge in [-0.3, -0.25) is 0 Å². The Labute approximate surface area is 118 Å². The average Bonchev–Trinajstić information content (AvgIpc) is 2.44. The third-order valence-corrected chi connectivity index (χ3v) is 3.46. The molecule has 0 fully saturated rings. The number of hydrogen-bond donors (Lipinski definition) is 1. The summed E-state index contributed by atoms with van der Waals surface area (Å²) in [6.45, 7) is 2.10. The molecule has 0 aliphatic heterocycles. The molecule has 1 nitrogen and oxygen atoms in total. The first-order chi connectivity index (χ1) is 9.60.